The molecule has 0 atom stereocenters. The first-order valence-corrected chi connectivity index (χ1v) is 2.92. The monoisotopic (exact) mass is 149 g/mol. The lowest BCUT2D eigenvalue weighted by atomic mass is 9.76. The Morgan fingerprint density at radius 1 is 1.36 bits per heavy atom. The first kappa shape index (κ1) is 9.69. The maximum absolute atomic E-state index is 8.67. The molecule has 0 heterocycles. The largest absolute Gasteiger partial charge is 0.489 e. The molecule has 56 valence electrons. The first-order valence-electron chi connectivity index (χ1n) is 2.92. The minimum absolute atomic E-state index is 0.0718. The molecule has 0 fully saturated rings. The van der Waals surface area contributed by atoms with Crippen LogP contribution in [0.15, 0.2) is 36.4 Å². The van der Waals surface area contributed by atoms with Crippen molar-refractivity contribution in [2.75, 3.05) is 0 Å². The van der Waals surface area contributed by atoms with E-state index in [1.165, 1.54) is 12.2 Å². The lowest BCUT2D eigenvalue weighted by Crippen LogP contribution is -2.15. The van der Waals surface area contributed by atoms with Crippen molar-refractivity contribution in [3.05, 3.63) is 36.4 Å². The van der Waals surface area contributed by atoms with Gasteiger partial charge in [-0.3, -0.25) is 0 Å². The summed E-state index contributed by atoms with van der Waals surface area (Å²) in [6, 6.07) is 1.75. The van der Waals surface area contributed by atoms with Crippen LogP contribution >= 0.6 is 0 Å². The van der Waals surface area contributed by atoms with Crippen LogP contribution in [0.25, 0.3) is 0 Å². The highest BCUT2D eigenvalue weighted by molar-refractivity contribution is 6.52. The number of hydrogen-bond acceptors (Lipinski definition) is 3. The van der Waals surface area contributed by atoms with Crippen molar-refractivity contribution >= 4 is 7.12 Å². The summed E-state index contributed by atoms with van der Waals surface area (Å²) < 4.78 is 0. The van der Waals surface area contributed by atoms with Crippen LogP contribution in [0.2, 0.25) is 0 Å². The zero-order valence-corrected chi connectivity index (χ0v) is 5.99. The zero-order valence-electron chi connectivity index (χ0n) is 5.99. The van der Waals surface area contributed by atoms with Gasteiger partial charge in [-0.15, -0.1) is 0 Å². The van der Waals surface area contributed by atoms with Crippen molar-refractivity contribution in [2.45, 2.75) is 0 Å². The molecule has 0 unspecified atom stereocenters. The molecule has 0 aliphatic rings. The maximum Gasteiger partial charge on any atom is 0.489 e. The Labute approximate surface area is 65.7 Å². The van der Waals surface area contributed by atoms with E-state index >= 15 is 0 Å². The molecule has 0 spiro atoms. The van der Waals surface area contributed by atoms with E-state index < -0.39 is 7.12 Å². The summed E-state index contributed by atoms with van der Waals surface area (Å²) in [7, 11) is -1.67. The molecule has 0 amide bonds. The van der Waals surface area contributed by atoms with Crippen LogP contribution in [0, 0.1) is 11.3 Å². The van der Waals surface area contributed by atoms with E-state index in [-0.39, 0.29) is 11.0 Å². The number of rotatable bonds is 3. The lowest BCUT2D eigenvalue weighted by molar-refractivity contribution is 0.420. The molecule has 3 nitrogen and oxygen atoms in total. The highest BCUT2D eigenvalue weighted by Gasteiger charge is 2.14. The van der Waals surface area contributed by atoms with Gasteiger partial charge in [0.05, 0.1) is 11.6 Å². The average Bonchev–Trinajstić information content (AvgIpc) is 1.99. The van der Waals surface area contributed by atoms with E-state index in [4.69, 9.17) is 15.3 Å². The van der Waals surface area contributed by atoms with Gasteiger partial charge in [0.1, 0.15) is 0 Å². The van der Waals surface area contributed by atoms with Crippen LogP contribution in [0.1, 0.15) is 0 Å². The average molecular weight is 149 g/mol. The van der Waals surface area contributed by atoms with Crippen LogP contribution in [0.4, 0.5) is 0 Å². The van der Waals surface area contributed by atoms with E-state index in [9.17, 15) is 0 Å². The SMILES string of the molecule is C=C/C(C#N)=C(\C=C)B(O)O. The van der Waals surface area contributed by atoms with Crippen LogP contribution in [-0.2, 0) is 0 Å². The van der Waals surface area contributed by atoms with E-state index in [1.54, 1.807) is 6.07 Å². The van der Waals surface area contributed by atoms with Crippen molar-refractivity contribution in [1.82, 2.24) is 0 Å². The third kappa shape index (κ3) is 2.42. The standard InChI is InChI=1S/C7H8BNO2/c1-3-6(5-9)7(4-2)8(10)11/h3-4,10-11H,1-2H2/b7-6-. The molecule has 4 heteroatoms. The number of allylic oxidation sites excluding steroid dienone is 4. The predicted octanol–water partition coefficient (Wildman–Crippen LogP) is 0.191. The van der Waals surface area contributed by atoms with Gasteiger partial charge >= 0.3 is 7.12 Å². The smallest absolute Gasteiger partial charge is 0.423 e. The second kappa shape index (κ2) is 4.50. The summed E-state index contributed by atoms with van der Waals surface area (Å²) >= 11 is 0. The molecule has 0 radical (unpaired) electrons. The normalized spacial score (nSPS) is 11.0. The van der Waals surface area contributed by atoms with Gasteiger partial charge in [-0.05, 0) is 5.47 Å². The highest BCUT2D eigenvalue weighted by Crippen LogP contribution is 2.06. The Morgan fingerprint density at radius 2 is 1.91 bits per heavy atom. The number of nitrogens with zero attached hydrogens (tertiary/aromatic N) is 1. The molecule has 0 aromatic heterocycles. The topological polar surface area (TPSA) is 64.2 Å². The molecular weight excluding hydrogens is 141 g/mol. The summed E-state index contributed by atoms with van der Waals surface area (Å²) in [6.07, 6.45) is 2.46. The van der Waals surface area contributed by atoms with Crippen molar-refractivity contribution in [3.63, 3.8) is 0 Å². The van der Waals surface area contributed by atoms with Crippen LogP contribution in [-0.4, -0.2) is 17.2 Å². The molecule has 0 saturated carbocycles. The van der Waals surface area contributed by atoms with Gasteiger partial charge in [-0.1, -0.05) is 25.3 Å². The van der Waals surface area contributed by atoms with Crippen molar-refractivity contribution in [2.24, 2.45) is 0 Å². The predicted molar refractivity (Wildman–Crippen MR) is 43.2 cm³/mol. The minimum atomic E-state index is -1.67. The number of hydrogen-bond donors (Lipinski definition) is 2. The molecule has 2 N–H and O–H groups in total. The Balaban J connectivity index is 4.96. The highest BCUT2D eigenvalue weighted by atomic mass is 16.4. The number of nitriles is 1. The molecule has 0 rings (SSSR count). The quantitative estimate of drug-likeness (QED) is 0.342. The lowest BCUT2D eigenvalue weighted by Gasteiger charge is -1.99. The second-order valence-electron chi connectivity index (χ2n) is 1.76. The fourth-order valence-electron chi connectivity index (χ4n) is 0.582. The third-order valence-corrected chi connectivity index (χ3v) is 1.13. The molecule has 0 aliphatic heterocycles. The van der Waals surface area contributed by atoms with Crippen LogP contribution in [0.5, 0.6) is 0 Å². The zero-order chi connectivity index (χ0) is 8.85. The minimum Gasteiger partial charge on any atom is -0.423 e. The summed E-state index contributed by atoms with van der Waals surface area (Å²) in [5.41, 5.74) is 0.192. The Morgan fingerprint density at radius 3 is 2.00 bits per heavy atom. The van der Waals surface area contributed by atoms with Gasteiger partial charge < -0.3 is 10.0 Å². The molecule has 0 bridgehead atoms. The van der Waals surface area contributed by atoms with Crippen molar-refractivity contribution in [3.8, 4) is 6.07 Å². The Kier molecular flexibility index (Phi) is 3.97. The van der Waals surface area contributed by atoms with E-state index in [2.05, 4.69) is 13.2 Å². The molecule has 0 aromatic rings. The molecule has 0 saturated heterocycles. The van der Waals surface area contributed by atoms with Gasteiger partial charge in [-0.25, -0.2) is 0 Å². The van der Waals surface area contributed by atoms with Gasteiger partial charge in [0.15, 0.2) is 0 Å². The van der Waals surface area contributed by atoms with Gasteiger partial charge in [0.2, 0.25) is 0 Å². The van der Waals surface area contributed by atoms with Crippen LogP contribution < -0.4 is 0 Å². The van der Waals surface area contributed by atoms with Gasteiger partial charge in [-0.2, -0.15) is 5.26 Å². The first-order chi connectivity index (χ1) is 5.17. The summed E-state index contributed by atoms with van der Waals surface area (Å²) in [6.45, 7) is 6.66. The van der Waals surface area contributed by atoms with Crippen LogP contribution in [0.3, 0.4) is 0 Å². The molecule has 0 aliphatic carbocycles. The van der Waals surface area contributed by atoms with Crippen molar-refractivity contribution in [1.29, 1.82) is 5.26 Å². The molecule has 11 heavy (non-hydrogen) atoms. The fraction of sp³-hybridized carbons (Fsp3) is 0. The Bertz CT molecular complexity index is 237. The third-order valence-electron chi connectivity index (χ3n) is 1.13. The fourth-order valence-corrected chi connectivity index (χ4v) is 0.582. The Hall–Kier alpha value is -1.31. The van der Waals surface area contributed by atoms with E-state index in [1.807, 2.05) is 0 Å². The molecular formula is C7H8BNO2. The van der Waals surface area contributed by atoms with Crippen molar-refractivity contribution < 1.29 is 10.0 Å². The van der Waals surface area contributed by atoms with E-state index in [0.29, 0.717) is 0 Å². The van der Waals surface area contributed by atoms with E-state index in [0.717, 1.165) is 0 Å². The second-order valence-corrected chi connectivity index (χ2v) is 1.76. The summed E-state index contributed by atoms with van der Waals surface area (Å²) in [5.74, 6) is 0. The van der Waals surface area contributed by atoms with Gasteiger partial charge in [0, 0.05) is 0 Å². The molecule has 0 aromatic carbocycles. The maximum atomic E-state index is 8.67. The van der Waals surface area contributed by atoms with Gasteiger partial charge in [0.25, 0.3) is 0 Å². The summed E-state index contributed by atoms with van der Waals surface area (Å²) in [5, 5.41) is 25.8. The summed E-state index contributed by atoms with van der Waals surface area (Å²) in [4.78, 5) is 0.